The molecule has 0 aliphatic rings. The number of anilines is 1. The van der Waals surface area contributed by atoms with Crippen LogP contribution >= 0.6 is 11.6 Å². The van der Waals surface area contributed by atoms with E-state index in [-0.39, 0.29) is 12.3 Å². The molecule has 126 valence electrons. The molecule has 0 spiro atoms. The van der Waals surface area contributed by atoms with Crippen molar-refractivity contribution in [1.29, 1.82) is 0 Å². The summed E-state index contributed by atoms with van der Waals surface area (Å²) in [7, 11) is 0. The predicted octanol–water partition coefficient (Wildman–Crippen LogP) is 4.44. The number of hydrogen-bond acceptors (Lipinski definition) is 3. The first kappa shape index (κ1) is 16.8. The quantitative estimate of drug-likeness (QED) is 0.727. The van der Waals surface area contributed by atoms with E-state index in [0.717, 1.165) is 11.1 Å². The zero-order chi connectivity index (χ0) is 17.6. The summed E-state index contributed by atoms with van der Waals surface area (Å²) in [6, 6.07) is 19.6. The molecule has 0 aliphatic heterocycles. The average molecular weight is 355 g/mol. The molecule has 0 aliphatic carbocycles. The highest BCUT2D eigenvalue weighted by atomic mass is 35.5. The van der Waals surface area contributed by atoms with Gasteiger partial charge in [-0.15, -0.1) is 0 Å². The van der Waals surface area contributed by atoms with Crippen molar-refractivity contribution in [2.75, 3.05) is 5.32 Å². The Labute approximate surface area is 149 Å². The maximum Gasteiger partial charge on any atom is 0.412 e. The van der Waals surface area contributed by atoms with Crippen LogP contribution < -0.4 is 10.9 Å². The smallest absolute Gasteiger partial charge is 0.412 e. The molecule has 0 radical (unpaired) electrons. The summed E-state index contributed by atoms with van der Waals surface area (Å²) in [5.41, 5.74) is 2.02. The van der Waals surface area contributed by atoms with Crippen molar-refractivity contribution in [1.82, 2.24) is 4.98 Å². The molecule has 25 heavy (non-hydrogen) atoms. The largest absolute Gasteiger partial charge is 0.444 e. The van der Waals surface area contributed by atoms with E-state index in [1.165, 1.54) is 6.07 Å². The molecule has 1 aromatic heterocycles. The number of nitrogens with one attached hydrogen (secondary N) is 2. The molecule has 5 nitrogen and oxygen atoms in total. The van der Waals surface area contributed by atoms with Crippen LogP contribution in [0.25, 0.3) is 11.3 Å². The third-order valence-corrected chi connectivity index (χ3v) is 3.77. The Bertz CT molecular complexity index is 921. The highest BCUT2D eigenvalue weighted by molar-refractivity contribution is 6.30. The topological polar surface area (TPSA) is 71.2 Å². The molecule has 0 saturated heterocycles. The predicted molar refractivity (Wildman–Crippen MR) is 97.8 cm³/mol. The Hall–Kier alpha value is -3.05. The highest BCUT2D eigenvalue weighted by Gasteiger charge is 2.08. The van der Waals surface area contributed by atoms with Gasteiger partial charge >= 0.3 is 6.09 Å². The molecular formula is C19H15ClN2O3. The molecule has 3 rings (SSSR count). The van der Waals surface area contributed by atoms with Crippen LogP contribution in [0.15, 0.2) is 71.5 Å². The van der Waals surface area contributed by atoms with Gasteiger partial charge in [0.15, 0.2) is 0 Å². The second-order valence-electron chi connectivity index (χ2n) is 5.31. The van der Waals surface area contributed by atoms with Gasteiger partial charge in [0.1, 0.15) is 12.3 Å². The summed E-state index contributed by atoms with van der Waals surface area (Å²) in [6.45, 7) is 0.132. The summed E-state index contributed by atoms with van der Waals surface area (Å²) < 4.78 is 5.10. The number of ether oxygens (including phenoxy) is 1. The van der Waals surface area contributed by atoms with Gasteiger partial charge in [0, 0.05) is 10.7 Å². The molecule has 0 atom stereocenters. The number of hydrogen-bond donors (Lipinski definition) is 2. The summed E-state index contributed by atoms with van der Waals surface area (Å²) in [5, 5.41) is 3.06. The van der Waals surface area contributed by atoms with Gasteiger partial charge in [-0.3, -0.25) is 10.1 Å². The second-order valence-corrected chi connectivity index (χ2v) is 5.74. The Morgan fingerprint density at radius 3 is 2.40 bits per heavy atom. The minimum absolute atomic E-state index is 0.121. The fourth-order valence-corrected chi connectivity index (χ4v) is 2.37. The molecule has 3 aromatic rings. The summed E-state index contributed by atoms with van der Waals surface area (Å²) in [4.78, 5) is 26.7. The molecule has 0 bridgehead atoms. The Morgan fingerprint density at radius 2 is 1.72 bits per heavy atom. The van der Waals surface area contributed by atoms with Crippen LogP contribution in [0.2, 0.25) is 5.02 Å². The van der Waals surface area contributed by atoms with Crippen molar-refractivity contribution >= 4 is 23.4 Å². The summed E-state index contributed by atoms with van der Waals surface area (Å²) in [5.74, 6) is 0. The minimum Gasteiger partial charge on any atom is -0.444 e. The first-order valence-electron chi connectivity index (χ1n) is 7.59. The number of amides is 1. The molecule has 2 aromatic carbocycles. The van der Waals surface area contributed by atoms with Gasteiger partial charge in [0.05, 0.1) is 0 Å². The number of benzene rings is 2. The zero-order valence-electron chi connectivity index (χ0n) is 13.2. The fraction of sp³-hybridized carbons (Fsp3) is 0.0526. The van der Waals surface area contributed by atoms with Gasteiger partial charge in [0.25, 0.3) is 5.56 Å². The second kappa shape index (κ2) is 7.68. The van der Waals surface area contributed by atoms with E-state index < -0.39 is 11.7 Å². The van der Waals surface area contributed by atoms with E-state index in [1.54, 1.807) is 30.3 Å². The third-order valence-electron chi connectivity index (χ3n) is 3.51. The SMILES string of the molecule is O=C(Nc1ccc(-c2ccc(Cl)cc2)[nH]c1=O)OCc1ccccc1. The number of H-pyrrole nitrogens is 1. The lowest BCUT2D eigenvalue weighted by atomic mass is 10.1. The van der Waals surface area contributed by atoms with E-state index in [0.29, 0.717) is 10.7 Å². The van der Waals surface area contributed by atoms with Crippen molar-refractivity contribution < 1.29 is 9.53 Å². The van der Waals surface area contributed by atoms with Gasteiger partial charge in [-0.05, 0) is 35.4 Å². The molecular weight excluding hydrogens is 340 g/mol. The first-order chi connectivity index (χ1) is 12.1. The van der Waals surface area contributed by atoms with E-state index in [1.807, 2.05) is 30.3 Å². The lowest BCUT2D eigenvalue weighted by Crippen LogP contribution is -2.20. The lowest BCUT2D eigenvalue weighted by molar-refractivity contribution is 0.155. The van der Waals surface area contributed by atoms with Crippen LogP contribution in [-0.4, -0.2) is 11.1 Å². The van der Waals surface area contributed by atoms with Crippen LogP contribution in [0.5, 0.6) is 0 Å². The minimum atomic E-state index is -0.686. The standard InChI is InChI=1S/C19H15ClN2O3/c20-15-8-6-14(7-9-15)16-10-11-17(18(23)21-16)22-19(24)25-12-13-4-2-1-3-5-13/h1-11H,12H2,(H,21,23)(H,22,24). The maximum absolute atomic E-state index is 12.1. The van der Waals surface area contributed by atoms with E-state index in [2.05, 4.69) is 10.3 Å². The molecule has 0 unspecified atom stereocenters. The van der Waals surface area contributed by atoms with Crippen LogP contribution in [0, 0.1) is 0 Å². The van der Waals surface area contributed by atoms with Gasteiger partial charge < -0.3 is 9.72 Å². The van der Waals surface area contributed by atoms with Gasteiger partial charge in [0.2, 0.25) is 0 Å². The number of aromatic nitrogens is 1. The molecule has 1 heterocycles. The molecule has 6 heteroatoms. The molecule has 2 N–H and O–H groups in total. The van der Waals surface area contributed by atoms with Gasteiger partial charge in [-0.1, -0.05) is 54.1 Å². The lowest BCUT2D eigenvalue weighted by Gasteiger charge is -2.08. The Balaban J connectivity index is 1.66. The monoisotopic (exact) mass is 354 g/mol. The number of halogens is 1. The van der Waals surface area contributed by atoms with Crippen LogP contribution in [-0.2, 0) is 11.3 Å². The average Bonchev–Trinajstić information content (AvgIpc) is 2.63. The highest BCUT2D eigenvalue weighted by Crippen LogP contribution is 2.19. The van der Waals surface area contributed by atoms with Crippen molar-refractivity contribution in [3.63, 3.8) is 0 Å². The normalized spacial score (nSPS) is 10.3. The Morgan fingerprint density at radius 1 is 1.00 bits per heavy atom. The van der Waals surface area contributed by atoms with E-state index in [9.17, 15) is 9.59 Å². The fourth-order valence-electron chi connectivity index (χ4n) is 2.24. The van der Waals surface area contributed by atoms with E-state index >= 15 is 0 Å². The van der Waals surface area contributed by atoms with Gasteiger partial charge in [-0.25, -0.2) is 4.79 Å². The number of aromatic amines is 1. The molecule has 1 amide bonds. The summed E-state index contributed by atoms with van der Waals surface area (Å²) in [6.07, 6.45) is -0.686. The number of pyridine rings is 1. The van der Waals surface area contributed by atoms with Crippen molar-refractivity contribution in [3.8, 4) is 11.3 Å². The number of rotatable bonds is 4. The van der Waals surface area contributed by atoms with Gasteiger partial charge in [-0.2, -0.15) is 0 Å². The van der Waals surface area contributed by atoms with Crippen LogP contribution in [0.3, 0.4) is 0 Å². The third kappa shape index (κ3) is 4.49. The number of carbonyl (C=O) groups excluding carboxylic acids is 1. The zero-order valence-corrected chi connectivity index (χ0v) is 13.9. The van der Waals surface area contributed by atoms with Crippen molar-refractivity contribution in [3.05, 3.63) is 87.7 Å². The van der Waals surface area contributed by atoms with Crippen molar-refractivity contribution in [2.45, 2.75) is 6.61 Å². The van der Waals surface area contributed by atoms with Crippen LogP contribution in [0.4, 0.5) is 10.5 Å². The van der Waals surface area contributed by atoms with Crippen molar-refractivity contribution in [2.24, 2.45) is 0 Å². The van der Waals surface area contributed by atoms with Crippen LogP contribution in [0.1, 0.15) is 5.56 Å². The maximum atomic E-state index is 12.1. The molecule has 0 saturated carbocycles. The Kier molecular flexibility index (Phi) is 5.16. The molecule has 0 fully saturated rings. The first-order valence-corrected chi connectivity index (χ1v) is 7.96. The number of carbonyl (C=O) groups is 1. The van der Waals surface area contributed by atoms with E-state index in [4.69, 9.17) is 16.3 Å². The summed E-state index contributed by atoms with van der Waals surface area (Å²) >= 11 is 5.85.